The summed E-state index contributed by atoms with van der Waals surface area (Å²) in [5.41, 5.74) is 1.30. The molecule has 2 atom stereocenters. The monoisotopic (exact) mass is 781 g/mol. The van der Waals surface area contributed by atoms with Gasteiger partial charge in [0.05, 0.1) is 37.6 Å². The number of ether oxygens (including phenoxy) is 4. The number of benzene rings is 2. The van der Waals surface area contributed by atoms with Gasteiger partial charge in [-0.25, -0.2) is 9.59 Å². The number of pyridine rings is 1. The largest absolute Gasteiger partial charge is 0.493 e. The van der Waals surface area contributed by atoms with Gasteiger partial charge in [-0.15, -0.1) is 0 Å². The number of aliphatic hydroxyl groups excluding tert-OH is 1. The highest BCUT2D eigenvalue weighted by atomic mass is 19.4. The van der Waals surface area contributed by atoms with Crippen LogP contribution >= 0.6 is 0 Å². The number of amides is 1. The van der Waals surface area contributed by atoms with E-state index in [2.05, 4.69) is 10.3 Å². The lowest BCUT2D eigenvalue weighted by atomic mass is 9.87. The molecule has 1 aromatic heterocycles. The molecular formula is C41H46F3N3O9. The fourth-order valence-electron chi connectivity index (χ4n) is 5.93. The standard InChI is InChI=1S/C41H46F3N3O9/c1-7-20-55-39(51)27-22-31(40(52)54-6)36(33(23-27)53-5)56-34(48)11-9-10-25-13-19-32(30(21-25)38(50)47(4)8-2)46-37(49)29-18-12-24(3)45-35(29)26-14-16-28(17-15-26)41(42,43)44/h12-19,22-23,25,37,46,49H,7-11,20-21H2,1-6H3. The minimum absolute atomic E-state index is 0.0169. The van der Waals surface area contributed by atoms with Crippen LogP contribution in [-0.2, 0) is 25.2 Å². The number of halogens is 3. The molecule has 1 heterocycles. The first-order chi connectivity index (χ1) is 26.6. The lowest BCUT2D eigenvalue weighted by Crippen LogP contribution is -2.33. The third kappa shape index (κ3) is 10.7. The number of hydrogen-bond donors (Lipinski definition) is 2. The van der Waals surface area contributed by atoms with Gasteiger partial charge in [0, 0.05) is 48.1 Å². The van der Waals surface area contributed by atoms with Crippen LogP contribution in [0, 0.1) is 12.8 Å². The summed E-state index contributed by atoms with van der Waals surface area (Å²) in [5, 5.41) is 14.4. The minimum atomic E-state index is -4.51. The number of aromatic nitrogens is 1. The Morgan fingerprint density at radius 1 is 1.04 bits per heavy atom. The van der Waals surface area contributed by atoms with E-state index in [9.17, 15) is 37.5 Å². The summed E-state index contributed by atoms with van der Waals surface area (Å²) < 4.78 is 60.6. The average molecular weight is 782 g/mol. The predicted molar refractivity (Wildman–Crippen MR) is 199 cm³/mol. The Bertz CT molecular complexity index is 1980. The van der Waals surface area contributed by atoms with E-state index in [1.54, 1.807) is 32.2 Å². The molecule has 300 valence electrons. The van der Waals surface area contributed by atoms with Gasteiger partial charge in [-0.1, -0.05) is 31.2 Å². The Balaban J connectivity index is 1.49. The van der Waals surface area contributed by atoms with Gasteiger partial charge in [-0.3, -0.25) is 14.6 Å². The fourth-order valence-corrected chi connectivity index (χ4v) is 5.93. The number of allylic oxidation sites excluding steroid dienone is 2. The second-order valence-electron chi connectivity index (χ2n) is 13.1. The molecular weight excluding hydrogens is 735 g/mol. The summed E-state index contributed by atoms with van der Waals surface area (Å²) in [6, 6.07) is 10.3. The maximum absolute atomic E-state index is 13.6. The van der Waals surface area contributed by atoms with Crippen molar-refractivity contribution in [2.75, 3.05) is 34.4 Å². The predicted octanol–water partition coefficient (Wildman–Crippen LogP) is 7.10. The van der Waals surface area contributed by atoms with Gasteiger partial charge >= 0.3 is 24.1 Å². The normalized spacial score (nSPS) is 14.5. The summed E-state index contributed by atoms with van der Waals surface area (Å²) in [5.74, 6) is -2.90. The number of hydrogen-bond acceptors (Lipinski definition) is 11. The van der Waals surface area contributed by atoms with Crippen molar-refractivity contribution in [1.29, 1.82) is 0 Å². The Morgan fingerprint density at radius 3 is 2.38 bits per heavy atom. The number of alkyl halides is 3. The van der Waals surface area contributed by atoms with E-state index in [-0.39, 0.29) is 59.6 Å². The van der Waals surface area contributed by atoms with Gasteiger partial charge in [0.15, 0.2) is 17.7 Å². The molecule has 3 aromatic rings. The Morgan fingerprint density at radius 2 is 1.75 bits per heavy atom. The zero-order chi connectivity index (χ0) is 41.2. The lowest BCUT2D eigenvalue weighted by molar-refractivity contribution is -0.137. The number of carbonyl (C=O) groups is 4. The van der Waals surface area contributed by atoms with Crippen molar-refractivity contribution < 1.29 is 56.4 Å². The zero-order valence-corrected chi connectivity index (χ0v) is 32.1. The molecule has 1 amide bonds. The summed E-state index contributed by atoms with van der Waals surface area (Å²) in [7, 11) is 4.09. The van der Waals surface area contributed by atoms with E-state index in [1.807, 2.05) is 19.9 Å². The Labute approximate surface area is 323 Å². The molecule has 2 N–H and O–H groups in total. The molecule has 0 saturated carbocycles. The van der Waals surface area contributed by atoms with Crippen LogP contribution in [0.4, 0.5) is 13.2 Å². The second-order valence-corrected chi connectivity index (χ2v) is 13.1. The van der Waals surface area contributed by atoms with Gasteiger partial charge in [0.2, 0.25) is 0 Å². The van der Waals surface area contributed by atoms with E-state index in [1.165, 1.54) is 36.3 Å². The highest BCUT2D eigenvalue weighted by Gasteiger charge is 2.31. The van der Waals surface area contributed by atoms with Gasteiger partial charge in [0.1, 0.15) is 5.56 Å². The topological polar surface area (TPSA) is 154 Å². The van der Waals surface area contributed by atoms with E-state index in [0.717, 1.165) is 19.2 Å². The maximum atomic E-state index is 13.6. The van der Waals surface area contributed by atoms with Crippen LogP contribution in [0.1, 0.15) is 89.7 Å². The number of likely N-dealkylation sites (N-methyl/N-ethyl adjacent to an activating group) is 1. The smallest absolute Gasteiger partial charge is 0.416 e. The Kier molecular flexibility index (Phi) is 14.8. The molecule has 0 bridgehead atoms. The number of rotatable bonds is 16. The maximum Gasteiger partial charge on any atom is 0.416 e. The summed E-state index contributed by atoms with van der Waals surface area (Å²) in [6.07, 6.45) is -0.733. The van der Waals surface area contributed by atoms with Crippen molar-refractivity contribution in [3.8, 4) is 22.8 Å². The summed E-state index contributed by atoms with van der Waals surface area (Å²) in [6.45, 7) is 5.96. The van der Waals surface area contributed by atoms with Crippen LogP contribution in [0.2, 0.25) is 0 Å². The number of nitrogens with one attached hydrogen (secondary N) is 1. The van der Waals surface area contributed by atoms with E-state index >= 15 is 0 Å². The quantitative estimate of drug-likeness (QED) is 0.0869. The van der Waals surface area contributed by atoms with E-state index in [4.69, 9.17) is 18.9 Å². The molecule has 2 aromatic carbocycles. The number of aryl methyl sites for hydroxylation is 1. The Hall–Kier alpha value is -5.70. The molecule has 1 aliphatic carbocycles. The van der Waals surface area contributed by atoms with Gasteiger partial charge in [-0.05, 0) is 81.9 Å². The van der Waals surface area contributed by atoms with Crippen LogP contribution in [0.5, 0.6) is 11.5 Å². The number of nitrogens with zero attached hydrogens (tertiary/aromatic N) is 2. The molecule has 15 heteroatoms. The molecule has 1 aliphatic rings. The first-order valence-electron chi connectivity index (χ1n) is 18.1. The van der Waals surface area contributed by atoms with Crippen LogP contribution in [0.25, 0.3) is 11.3 Å². The van der Waals surface area contributed by atoms with Crippen LogP contribution < -0.4 is 14.8 Å². The van der Waals surface area contributed by atoms with E-state index in [0.29, 0.717) is 53.9 Å². The molecule has 0 saturated heterocycles. The third-order valence-corrected chi connectivity index (χ3v) is 9.07. The highest BCUT2D eigenvalue weighted by Crippen LogP contribution is 2.36. The average Bonchev–Trinajstić information content (AvgIpc) is 3.19. The van der Waals surface area contributed by atoms with Crippen molar-refractivity contribution in [3.63, 3.8) is 0 Å². The zero-order valence-electron chi connectivity index (χ0n) is 32.1. The summed E-state index contributed by atoms with van der Waals surface area (Å²) in [4.78, 5) is 57.8. The van der Waals surface area contributed by atoms with Crippen molar-refractivity contribution in [2.45, 2.75) is 65.3 Å². The van der Waals surface area contributed by atoms with Gasteiger partial charge in [0.25, 0.3) is 5.91 Å². The first kappa shape index (κ1) is 43.0. The first-order valence-corrected chi connectivity index (χ1v) is 18.1. The van der Waals surface area contributed by atoms with Crippen molar-refractivity contribution in [2.24, 2.45) is 5.92 Å². The van der Waals surface area contributed by atoms with Crippen molar-refractivity contribution >= 4 is 23.8 Å². The van der Waals surface area contributed by atoms with Crippen LogP contribution in [0.3, 0.4) is 0 Å². The molecule has 4 rings (SSSR count). The molecule has 0 aliphatic heterocycles. The number of aliphatic hydroxyl groups is 1. The molecule has 56 heavy (non-hydrogen) atoms. The minimum Gasteiger partial charge on any atom is -0.493 e. The van der Waals surface area contributed by atoms with Crippen molar-refractivity contribution in [1.82, 2.24) is 15.2 Å². The van der Waals surface area contributed by atoms with E-state index < -0.39 is 35.9 Å². The van der Waals surface area contributed by atoms with Crippen LogP contribution in [-0.4, -0.2) is 73.2 Å². The summed E-state index contributed by atoms with van der Waals surface area (Å²) >= 11 is 0. The SMILES string of the molecule is CCCOC(=O)c1cc(OC)c(OC(=O)CCCC2C=CC(NC(O)c3ccc(C)nc3-c3ccc(C(F)(F)F)cc3)=C(C(=O)N(C)CC)C2)c(C(=O)OC)c1. The number of esters is 3. The fraction of sp³-hybridized carbons (Fsp3) is 0.390. The molecule has 2 unspecified atom stereocenters. The highest BCUT2D eigenvalue weighted by molar-refractivity contribution is 5.99. The number of carbonyl (C=O) groups excluding carboxylic acids is 4. The second kappa shape index (κ2) is 19.2. The third-order valence-electron chi connectivity index (χ3n) is 9.07. The van der Waals surface area contributed by atoms with Crippen LogP contribution in [0.15, 0.2) is 72.0 Å². The number of methoxy groups -OCH3 is 2. The molecule has 12 nitrogen and oxygen atoms in total. The molecule has 0 spiro atoms. The molecule has 0 radical (unpaired) electrons. The molecule has 0 fully saturated rings. The van der Waals surface area contributed by atoms with Crippen molar-refractivity contribution in [3.05, 3.63) is 99.9 Å². The lowest BCUT2D eigenvalue weighted by Gasteiger charge is -2.27. The van der Waals surface area contributed by atoms with Gasteiger partial charge < -0.3 is 34.3 Å². The van der Waals surface area contributed by atoms with Gasteiger partial charge in [-0.2, -0.15) is 13.2 Å².